The molecule has 0 unspecified atom stereocenters. The van der Waals surface area contributed by atoms with Gasteiger partial charge in [0, 0.05) is 19.0 Å². The summed E-state index contributed by atoms with van der Waals surface area (Å²) >= 11 is 0. The molecule has 0 atom stereocenters. The highest BCUT2D eigenvalue weighted by atomic mass is 16.6. The molecule has 1 aliphatic carbocycles. The Bertz CT molecular complexity index is 490. The van der Waals surface area contributed by atoms with E-state index in [4.69, 9.17) is 0 Å². The minimum Gasteiger partial charge on any atom is -0.393 e. The second-order valence-corrected chi connectivity index (χ2v) is 5.77. The fourth-order valence-corrected chi connectivity index (χ4v) is 2.68. The Hall–Kier alpha value is -1.63. The molecule has 0 saturated heterocycles. The summed E-state index contributed by atoms with van der Waals surface area (Å²) < 4.78 is 1.55. The van der Waals surface area contributed by atoms with Crippen molar-refractivity contribution in [2.45, 2.75) is 57.6 Å². The van der Waals surface area contributed by atoms with Gasteiger partial charge < -0.3 is 10.4 Å². The van der Waals surface area contributed by atoms with Gasteiger partial charge in [0.2, 0.25) is 5.82 Å². The summed E-state index contributed by atoms with van der Waals surface area (Å²) in [7, 11) is 1.72. The van der Waals surface area contributed by atoms with E-state index >= 15 is 0 Å². The van der Waals surface area contributed by atoms with Crippen molar-refractivity contribution in [3.8, 4) is 0 Å². The lowest BCUT2D eigenvalue weighted by atomic mass is 9.93. The molecular weight excluding hydrogens is 260 g/mol. The number of aromatic nitrogens is 2. The number of aliphatic hydroxyl groups is 1. The highest BCUT2D eigenvalue weighted by molar-refractivity contribution is 5.61. The van der Waals surface area contributed by atoms with E-state index in [-0.39, 0.29) is 28.7 Å². The van der Waals surface area contributed by atoms with Crippen LogP contribution in [-0.2, 0) is 7.05 Å². The number of anilines is 1. The number of nitro groups is 1. The lowest BCUT2D eigenvalue weighted by Crippen LogP contribution is -2.29. The number of aryl methyl sites for hydroxylation is 1. The summed E-state index contributed by atoms with van der Waals surface area (Å²) in [4.78, 5) is 11.0. The summed E-state index contributed by atoms with van der Waals surface area (Å²) in [6.07, 6.45) is 2.88. The molecule has 2 N–H and O–H groups in total. The van der Waals surface area contributed by atoms with Gasteiger partial charge in [0.1, 0.15) is 5.69 Å². The van der Waals surface area contributed by atoms with Crippen LogP contribution in [0.3, 0.4) is 0 Å². The summed E-state index contributed by atoms with van der Waals surface area (Å²) in [5, 5.41) is 28.4. The Morgan fingerprint density at radius 1 is 1.40 bits per heavy atom. The maximum absolute atomic E-state index is 11.3. The van der Waals surface area contributed by atoms with E-state index in [1.54, 1.807) is 11.7 Å². The normalized spacial score (nSPS) is 23.1. The second-order valence-electron chi connectivity index (χ2n) is 5.77. The molecule has 0 aliphatic heterocycles. The molecule has 112 valence electrons. The van der Waals surface area contributed by atoms with Crippen molar-refractivity contribution >= 4 is 11.5 Å². The quantitative estimate of drug-likeness (QED) is 0.652. The van der Waals surface area contributed by atoms with Crippen LogP contribution in [0.5, 0.6) is 0 Å². The van der Waals surface area contributed by atoms with Crippen LogP contribution in [0.15, 0.2) is 0 Å². The number of nitrogens with one attached hydrogen (secondary N) is 1. The van der Waals surface area contributed by atoms with Gasteiger partial charge in [-0.15, -0.1) is 0 Å². The molecule has 1 saturated carbocycles. The summed E-state index contributed by atoms with van der Waals surface area (Å²) in [6.45, 7) is 3.80. The molecule has 7 heteroatoms. The van der Waals surface area contributed by atoms with Crippen LogP contribution in [0.4, 0.5) is 11.5 Å². The van der Waals surface area contributed by atoms with E-state index in [2.05, 4.69) is 10.4 Å². The highest BCUT2D eigenvalue weighted by Crippen LogP contribution is 2.34. The molecule has 1 aliphatic rings. The van der Waals surface area contributed by atoms with E-state index in [0.29, 0.717) is 11.5 Å². The lowest BCUT2D eigenvalue weighted by Gasteiger charge is -2.26. The van der Waals surface area contributed by atoms with Crippen LogP contribution in [0, 0.1) is 10.1 Å². The van der Waals surface area contributed by atoms with Crippen molar-refractivity contribution in [2.24, 2.45) is 7.05 Å². The highest BCUT2D eigenvalue weighted by Gasteiger charge is 2.30. The largest absolute Gasteiger partial charge is 0.393 e. The van der Waals surface area contributed by atoms with Crippen molar-refractivity contribution in [3.63, 3.8) is 0 Å². The Morgan fingerprint density at radius 3 is 2.50 bits per heavy atom. The third kappa shape index (κ3) is 2.92. The summed E-state index contributed by atoms with van der Waals surface area (Å²) in [6, 6.07) is 0.160. The molecule has 0 bridgehead atoms. The fourth-order valence-electron chi connectivity index (χ4n) is 2.68. The van der Waals surface area contributed by atoms with Gasteiger partial charge in [-0.2, -0.15) is 5.10 Å². The average Bonchev–Trinajstić information content (AvgIpc) is 2.70. The first-order valence-corrected chi connectivity index (χ1v) is 7.06. The molecule has 0 amide bonds. The van der Waals surface area contributed by atoms with E-state index < -0.39 is 0 Å². The summed E-state index contributed by atoms with van der Waals surface area (Å²) in [5.74, 6) is 0.477. The van der Waals surface area contributed by atoms with Crippen LogP contribution >= 0.6 is 0 Å². The Labute approximate surface area is 118 Å². The third-order valence-electron chi connectivity index (χ3n) is 3.82. The molecule has 0 radical (unpaired) electrons. The number of rotatable bonds is 4. The van der Waals surface area contributed by atoms with Crippen molar-refractivity contribution in [1.29, 1.82) is 0 Å². The van der Waals surface area contributed by atoms with Gasteiger partial charge in [0.05, 0.1) is 11.0 Å². The SMILES string of the molecule is CC(C)c1nn(C)c(NC2CCC(O)CC2)c1[N+](=O)[O-]. The lowest BCUT2D eigenvalue weighted by molar-refractivity contribution is -0.384. The first kappa shape index (κ1) is 14.8. The molecule has 1 aromatic heterocycles. The van der Waals surface area contributed by atoms with Crippen molar-refractivity contribution in [2.75, 3.05) is 5.32 Å². The van der Waals surface area contributed by atoms with Crippen LogP contribution in [0.25, 0.3) is 0 Å². The van der Waals surface area contributed by atoms with Crippen LogP contribution in [-0.4, -0.2) is 32.0 Å². The first-order valence-electron chi connectivity index (χ1n) is 7.06. The van der Waals surface area contributed by atoms with Gasteiger partial charge in [-0.3, -0.25) is 10.1 Å². The van der Waals surface area contributed by atoms with Crippen molar-refractivity contribution in [3.05, 3.63) is 15.8 Å². The first-order chi connectivity index (χ1) is 9.40. The summed E-state index contributed by atoms with van der Waals surface area (Å²) in [5.41, 5.74) is 0.587. The van der Waals surface area contributed by atoms with Gasteiger partial charge in [-0.05, 0) is 25.7 Å². The average molecular weight is 282 g/mol. The second kappa shape index (κ2) is 5.78. The van der Waals surface area contributed by atoms with Crippen LogP contribution in [0.1, 0.15) is 51.1 Å². The molecule has 2 rings (SSSR count). The number of hydrogen-bond acceptors (Lipinski definition) is 5. The monoisotopic (exact) mass is 282 g/mol. The fraction of sp³-hybridized carbons (Fsp3) is 0.769. The zero-order valence-electron chi connectivity index (χ0n) is 12.2. The molecule has 1 fully saturated rings. The van der Waals surface area contributed by atoms with E-state index in [1.807, 2.05) is 13.8 Å². The van der Waals surface area contributed by atoms with Crippen LogP contribution in [0.2, 0.25) is 0 Å². The smallest absolute Gasteiger partial charge is 0.334 e. The van der Waals surface area contributed by atoms with Crippen molar-refractivity contribution < 1.29 is 10.0 Å². The van der Waals surface area contributed by atoms with Gasteiger partial charge >= 0.3 is 5.69 Å². The molecule has 20 heavy (non-hydrogen) atoms. The number of aliphatic hydroxyl groups excluding tert-OH is 1. The van der Waals surface area contributed by atoms with Gasteiger partial charge in [-0.1, -0.05) is 13.8 Å². The molecule has 0 spiro atoms. The number of hydrogen-bond donors (Lipinski definition) is 2. The minimum absolute atomic E-state index is 0.00493. The third-order valence-corrected chi connectivity index (χ3v) is 3.82. The standard InChI is InChI=1S/C13H22N4O3/c1-8(2)11-12(17(19)20)13(16(3)15-11)14-9-4-6-10(18)7-5-9/h8-10,14,18H,4-7H2,1-3H3. The molecule has 1 heterocycles. The minimum atomic E-state index is -0.359. The van der Waals surface area contributed by atoms with E-state index in [9.17, 15) is 15.2 Å². The van der Waals surface area contributed by atoms with E-state index in [0.717, 1.165) is 25.7 Å². The molecule has 0 aromatic carbocycles. The van der Waals surface area contributed by atoms with Crippen molar-refractivity contribution in [1.82, 2.24) is 9.78 Å². The van der Waals surface area contributed by atoms with Crippen LogP contribution < -0.4 is 5.32 Å². The van der Waals surface area contributed by atoms with Gasteiger partial charge in [-0.25, -0.2) is 4.68 Å². The maximum Gasteiger partial charge on any atom is 0.334 e. The molecular formula is C13H22N4O3. The topological polar surface area (TPSA) is 93.2 Å². The zero-order chi connectivity index (χ0) is 14.9. The Kier molecular flexibility index (Phi) is 4.27. The Morgan fingerprint density at radius 2 is 2.00 bits per heavy atom. The maximum atomic E-state index is 11.3. The Balaban J connectivity index is 2.24. The van der Waals surface area contributed by atoms with Gasteiger partial charge in [0.15, 0.2) is 0 Å². The van der Waals surface area contributed by atoms with Gasteiger partial charge in [0.25, 0.3) is 0 Å². The predicted octanol–water partition coefficient (Wildman–Crippen LogP) is 2.17. The number of nitrogens with zero attached hydrogens (tertiary/aromatic N) is 3. The molecule has 7 nitrogen and oxygen atoms in total. The zero-order valence-corrected chi connectivity index (χ0v) is 12.2. The predicted molar refractivity (Wildman–Crippen MR) is 75.8 cm³/mol. The molecule has 1 aromatic rings. The van der Waals surface area contributed by atoms with E-state index in [1.165, 1.54) is 0 Å².